The maximum atomic E-state index is 13.5. The van der Waals surface area contributed by atoms with E-state index in [1.807, 2.05) is 0 Å². The Hall–Kier alpha value is -4.82. The van der Waals surface area contributed by atoms with Crippen LogP contribution in [0.15, 0.2) is 69.9 Å². The lowest BCUT2D eigenvalue weighted by Crippen LogP contribution is -2.60. The van der Waals surface area contributed by atoms with Gasteiger partial charge in [0.1, 0.15) is 65.0 Å². The molecule has 0 unspecified atom stereocenters. The second kappa shape index (κ2) is 11.0. The van der Waals surface area contributed by atoms with Gasteiger partial charge in [-0.1, -0.05) is 0 Å². The smallest absolute Gasteiger partial charge is 0.338 e. The van der Waals surface area contributed by atoms with E-state index in [4.69, 9.17) is 18.6 Å². The van der Waals surface area contributed by atoms with Crippen LogP contribution in [0.3, 0.4) is 0 Å². The Morgan fingerprint density at radius 2 is 1.44 bits per heavy atom. The summed E-state index contributed by atoms with van der Waals surface area (Å²) in [6.07, 6.45) is -8.71. The normalized spacial score (nSPS) is 22.4. The first kappa shape index (κ1) is 27.7. The Kier molecular flexibility index (Phi) is 7.43. The zero-order chi connectivity index (χ0) is 29.4. The third kappa shape index (κ3) is 5.47. The molecule has 1 aliphatic heterocycles. The van der Waals surface area contributed by atoms with Crippen LogP contribution in [0.25, 0.3) is 22.3 Å². The van der Waals surface area contributed by atoms with E-state index in [0.717, 1.165) is 12.1 Å². The van der Waals surface area contributed by atoms with Crippen LogP contribution >= 0.6 is 0 Å². The molecule has 0 amide bonds. The fourth-order valence-corrected chi connectivity index (χ4v) is 4.28. The monoisotopic (exact) mass is 568 g/mol. The SMILES string of the molecule is O=C(OC[C@H]1O[C@H](Oc2c(-c3ccc(O)cc3)oc3cc(O)cc(O)c3c2=O)[C@H](O)[C@@H](O)[C@@H]1O)c1ccc(O)cc1. The summed E-state index contributed by atoms with van der Waals surface area (Å²) in [7, 11) is 0. The van der Waals surface area contributed by atoms with Gasteiger partial charge >= 0.3 is 5.97 Å². The van der Waals surface area contributed by atoms with Gasteiger partial charge in [-0.05, 0) is 48.5 Å². The molecule has 1 aliphatic rings. The summed E-state index contributed by atoms with van der Waals surface area (Å²) in [5.74, 6) is -2.83. The van der Waals surface area contributed by atoms with Gasteiger partial charge < -0.3 is 54.4 Å². The van der Waals surface area contributed by atoms with E-state index in [9.17, 15) is 45.3 Å². The van der Waals surface area contributed by atoms with E-state index >= 15 is 0 Å². The maximum Gasteiger partial charge on any atom is 0.338 e. The topological polar surface area (TPSA) is 217 Å². The molecule has 4 aromatic rings. The van der Waals surface area contributed by atoms with E-state index in [2.05, 4.69) is 0 Å². The van der Waals surface area contributed by atoms with E-state index in [-0.39, 0.29) is 39.4 Å². The molecule has 5 atom stereocenters. The van der Waals surface area contributed by atoms with Gasteiger partial charge in [-0.15, -0.1) is 0 Å². The third-order valence-corrected chi connectivity index (χ3v) is 6.43. The molecule has 1 aromatic heterocycles. The predicted molar refractivity (Wildman–Crippen MR) is 139 cm³/mol. The first-order chi connectivity index (χ1) is 19.5. The summed E-state index contributed by atoms with van der Waals surface area (Å²) in [6.45, 7) is -0.596. The molecule has 1 fully saturated rings. The zero-order valence-electron chi connectivity index (χ0n) is 20.9. The molecule has 7 N–H and O–H groups in total. The average Bonchev–Trinajstić information content (AvgIpc) is 2.94. The van der Waals surface area contributed by atoms with Crippen molar-refractivity contribution in [1.29, 1.82) is 0 Å². The number of ether oxygens (including phenoxy) is 3. The largest absolute Gasteiger partial charge is 0.508 e. The highest BCUT2D eigenvalue weighted by Gasteiger charge is 2.46. The number of esters is 1. The molecule has 2 heterocycles. The van der Waals surface area contributed by atoms with E-state index in [0.29, 0.717) is 0 Å². The summed E-state index contributed by atoms with van der Waals surface area (Å²) in [4.78, 5) is 25.9. The van der Waals surface area contributed by atoms with Crippen molar-refractivity contribution in [1.82, 2.24) is 0 Å². The number of aromatic hydroxyl groups is 4. The zero-order valence-corrected chi connectivity index (χ0v) is 20.9. The Morgan fingerprint density at radius 1 is 0.805 bits per heavy atom. The average molecular weight is 568 g/mol. The second-order valence-corrected chi connectivity index (χ2v) is 9.25. The molecule has 0 aliphatic carbocycles. The molecule has 5 rings (SSSR count). The van der Waals surface area contributed by atoms with E-state index in [1.54, 1.807) is 0 Å². The van der Waals surface area contributed by atoms with Crippen molar-refractivity contribution < 1.29 is 59.2 Å². The first-order valence-corrected chi connectivity index (χ1v) is 12.2. The lowest BCUT2D eigenvalue weighted by Gasteiger charge is -2.39. The number of hydrogen-bond donors (Lipinski definition) is 7. The van der Waals surface area contributed by atoms with Gasteiger partial charge in [0.15, 0.2) is 5.76 Å². The minimum absolute atomic E-state index is 0.0698. The minimum atomic E-state index is -1.90. The van der Waals surface area contributed by atoms with Gasteiger partial charge in [-0.25, -0.2) is 4.79 Å². The summed E-state index contributed by atoms with van der Waals surface area (Å²) in [6, 6.07) is 12.5. The number of benzene rings is 3. The van der Waals surface area contributed by atoms with Crippen molar-refractivity contribution in [3.8, 4) is 40.1 Å². The first-order valence-electron chi connectivity index (χ1n) is 12.2. The fraction of sp³-hybridized carbons (Fsp3) is 0.214. The Labute approximate surface area is 230 Å². The van der Waals surface area contributed by atoms with Crippen LogP contribution in [0.1, 0.15) is 10.4 Å². The van der Waals surface area contributed by atoms with Crippen LogP contribution in [0.2, 0.25) is 0 Å². The number of hydrogen-bond acceptors (Lipinski definition) is 13. The van der Waals surface area contributed by atoms with Crippen molar-refractivity contribution in [3.05, 3.63) is 76.5 Å². The maximum absolute atomic E-state index is 13.5. The minimum Gasteiger partial charge on any atom is -0.508 e. The van der Waals surface area contributed by atoms with Crippen LogP contribution < -0.4 is 10.2 Å². The Bertz CT molecular complexity index is 1630. The summed E-state index contributed by atoms with van der Waals surface area (Å²) in [5, 5.41) is 70.5. The lowest BCUT2D eigenvalue weighted by molar-refractivity contribution is -0.277. The molecular weight excluding hydrogens is 544 g/mol. The van der Waals surface area contributed by atoms with Crippen LogP contribution in [0.5, 0.6) is 28.7 Å². The molecule has 13 heteroatoms. The molecule has 0 saturated carbocycles. The third-order valence-electron chi connectivity index (χ3n) is 6.43. The number of aliphatic hydroxyl groups excluding tert-OH is 3. The molecule has 0 spiro atoms. The van der Waals surface area contributed by atoms with Crippen molar-refractivity contribution in [2.45, 2.75) is 30.7 Å². The standard InChI is InChI=1S/C28H24O13/c29-14-5-1-12(2-6-14)25-26(22(34)20-17(32)9-16(31)10-18(20)39-25)41-28-24(36)23(35)21(33)19(40-28)11-38-27(37)13-3-7-15(30)8-4-13/h1-10,19,21,23-24,28-33,35-36H,11H2/t19-,21-,23+,24-,28-/m1/s1. The molecule has 41 heavy (non-hydrogen) atoms. The Balaban J connectivity index is 1.48. The predicted octanol–water partition coefficient (Wildman–Crippen LogP) is 1.33. The molecular formula is C28H24O13. The number of rotatable bonds is 6. The van der Waals surface area contributed by atoms with Gasteiger partial charge in [0.2, 0.25) is 17.5 Å². The molecule has 3 aromatic carbocycles. The molecule has 1 saturated heterocycles. The summed E-state index contributed by atoms with van der Waals surface area (Å²) < 4.78 is 22.2. The molecule has 0 bridgehead atoms. The van der Waals surface area contributed by atoms with E-state index in [1.165, 1.54) is 48.5 Å². The number of fused-ring (bicyclic) bond motifs is 1. The second-order valence-electron chi connectivity index (χ2n) is 9.25. The van der Waals surface area contributed by atoms with E-state index < -0.39 is 66.0 Å². The number of carbonyl (C=O) groups excluding carboxylic acids is 1. The van der Waals surface area contributed by atoms with Crippen LogP contribution in [0, 0.1) is 0 Å². The van der Waals surface area contributed by atoms with Crippen molar-refractivity contribution >= 4 is 16.9 Å². The van der Waals surface area contributed by atoms with Crippen LogP contribution in [-0.2, 0) is 9.47 Å². The molecule has 214 valence electrons. The van der Waals surface area contributed by atoms with Gasteiger partial charge in [-0.2, -0.15) is 0 Å². The van der Waals surface area contributed by atoms with Gasteiger partial charge in [0.25, 0.3) is 0 Å². The van der Waals surface area contributed by atoms with Gasteiger partial charge in [-0.3, -0.25) is 4.79 Å². The number of phenolic OH excluding ortho intramolecular Hbond substituents is 4. The number of phenols is 4. The van der Waals surface area contributed by atoms with Crippen molar-refractivity contribution in [3.63, 3.8) is 0 Å². The van der Waals surface area contributed by atoms with Gasteiger partial charge in [0, 0.05) is 17.7 Å². The lowest BCUT2D eigenvalue weighted by atomic mass is 9.99. The van der Waals surface area contributed by atoms with Crippen LogP contribution in [-0.4, -0.2) is 79.0 Å². The summed E-state index contributed by atoms with van der Waals surface area (Å²) in [5.41, 5.74) is -0.842. The highest BCUT2D eigenvalue weighted by molar-refractivity contribution is 5.89. The molecule has 13 nitrogen and oxygen atoms in total. The Morgan fingerprint density at radius 3 is 2.10 bits per heavy atom. The quantitative estimate of drug-likeness (QED) is 0.164. The number of carbonyl (C=O) groups is 1. The number of aliphatic hydroxyl groups is 3. The van der Waals surface area contributed by atoms with Gasteiger partial charge in [0.05, 0.1) is 5.56 Å². The summed E-state index contributed by atoms with van der Waals surface area (Å²) >= 11 is 0. The highest BCUT2D eigenvalue weighted by atomic mass is 16.7. The molecule has 0 radical (unpaired) electrons. The highest BCUT2D eigenvalue weighted by Crippen LogP contribution is 2.37. The van der Waals surface area contributed by atoms with Crippen LogP contribution in [0.4, 0.5) is 0 Å². The fourth-order valence-electron chi connectivity index (χ4n) is 4.28. The van der Waals surface area contributed by atoms with Crippen molar-refractivity contribution in [2.75, 3.05) is 6.61 Å². The van der Waals surface area contributed by atoms with Crippen molar-refractivity contribution in [2.24, 2.45) is 0 Å².